The number of ether oxygens (including phenoxy) is 2. The second kappa shape index (κ2) is 10.5. The lowest BCUT2D eigenvalue weighted by atomic mass is 10.1. The Morgan fingerprint density at radius 1 is 1.13 bits per heavy atom. The van der Waals surface area contributed by atoms with E-state index in [9.17, 15) is 9.59 Å². The molecule has 7 heteroatoms. The van der Waals surface area contributed by atoms with Gasteiger partial charge in [0.2, 0.25) is 11.8 Å². The minimum atomic E-state index is -0.344. The Morgan fingerprint density at radius 3 is 2.60 bits per heavy atom. The molecule has 1 aliphatic heterocycles. The Balaban J connectivity index is 1.54. The van der Waals surface area contributed by atoms with Crippen LogP contribution in [-0.4, -0.2) is 38.1 Å². The van der Waals surface area contributed by atoms with Gasteiger partial charge in [-0.3, -0.25) is 9.59 Å². The number of hydrogen-bond donors (Lipinski definition) is 1. The van der Waals surface area contributed by atoms with Gasteiger partial charge in [-0.05, 0) is 66.0 Å². The summed E-state index contributed by atoms with van der Waals surface area (Å²) in [6, 6.07) is 13.4. The second-order valence-electron chi connectivity index (χ2n) is 7.04. The largest absolute Gasteiger partial charge is 0.490 e. The molecule has 30 heavy (non-hydrogen) atoms. The summed E-state index contributed by atoms with van der Waals surface area (Å²) in [5.74, 6) is 0.977. The van der Waals surface area contributed by atoms with Gasteiger partial charge in [-0.2, -0.15) is 0 Å². The monoisotopic (exact) mass is 474 g/mol. The number of carbonyl (C=O) groups excluding carboxylic acids is 2. The summed E-state index contributed by atoms with van der Waals surface area (Å²) >= 11 is 3.48. The number of benzene rings is 2. The number of amides is 2. The van der Waals surface area contributed by atoms with E-state index in [1.807, 2.05) is 56.3 Å². The molecule has 0 aromatic heterocycles. The molecule has 2 aromatic rings. The summed E-state index contributed by atoms with van der Waals surface area (Å²) < 4.78 is 12.1. The van der Waals surface area contributed by atoms with Crippen LogP contribution in [0.5, 0.6) is 11.5 Å². The number of para-hydroxylation sites is 1. The van der Waals surface area contributed by atoms with Gasteiger partial charge in [0.05, 0.1) is 24.8 Å². The summed E-state index contributed by atoms with van der Waals surface area (Å²) in [6.45, 7) is 5.90. The average Bonchev–Trinajstić information content (AvgIpc) is 3.12. The van der Waals surface area contributed by atoms with E-state index in [-0.39, 0.29) is 24.2 Å². The third-order valence-electron chi connectivity index (χ3n) is 4.96. The summed E-state index contributed by atoms with van der Waals surface area (Å²) in [7, 11) is 0. The molecule has 0 aliphatic carbocycles. The van der Waals surface area contributed by atoms with Crippen molar-refractivity contribution in [3.8, 4) is 11.5 Å². The highest BCUT2D eigenvalue weighted by atomic mass is 79.9. The zero-order valence-electron chi connectivity index (χ0n) is 17.3. The maximum Gasteiger partial charge on any atom is 0.227 e. The molecule has 6 nitrogen and oxygen atoms in total. The quantitative estimate of drug-likeness (QED) is 0.597. The van der Waals surface area contributed by atoms with Crippen LogP contribution in [0.3, 0.4) is 0 Å². The van der Waals surface area contributed by atoms with Gasteiger partial charge >= 0.3 is 0 Å². The summed E-state index contributed by atoms with van der Waals surface area (Å²) in [5.41, 5.74) is 1.86. The third kappa shape index (κ3) is 5.33. The van der Waals surface area contributed by atoms with Crippen LogP contribution in [0.4, 0.5) is 5.69 Å². The zero-order valence-corrected chi connectivity index (χ0v) is 18.9. The van der Waals surface area contributed by atoms with Crippen LogP contribution in [0.1, 0.15) is 25.8 Å². The van der Waals surface area contributed by atoms with Crippen molar-refractivity contribution in [1.82, 2.24) is 5.32 Å². The number of hydrogen-bond acceptors (Lipinski definition) is 4. The van der Waals surface area contributed by atoms with E-state index in [1.165, 1.54) is 0 Å². The van der Waals surface area contributed by atoms with Crippen molar-refractivity contribution >= 4 is 33.4 Å². The number of anilines is 1. The molecule has 1 N–H and O–H groups in total. The van der Waals surface area contributed by atoms with Crippen LogP contribution < -0.4 is 19.7 Å². The first kappa shape index (κ1) is 22.2. The standard InChI is InChI=1S/C23H27BrN2O4/c1-3-29-20-10-9-16(13-21(20)30-4-2)11-12-25-23(28)17-14-22(27)26(15-17)19-8-6-5-7-18(19)24/h5-10,13,17H,3-4,11-12,14-15H2,1-2H3,(H,25,28). The van der Waals surface area contributed by atoms with Crippen molar-refractivity contribution in [1.29, 1.82) is 0 Å². The molecule has 0 spiro atoms. The minimum absolute atomic E-state index is 0.0325. The first-order valence-corrected chi connectivity index (χ1v) is 11.0. The fourth-order valence-corrected chi connectivity index (χ4v) is 4.01. The van der Waals surface area contributed by atoms with Crippen LogP contribution in [0.2, 0.25) is 0 Å². The van der Waals surface area contributed by atoms with E-state index in [1.54, 1.807) is 4.90 Å². The van der Waals surface area contributed by atoms with Gasteiger partial charge in [-0.25, -0.2) is 0 Å². The van der Waals surface area contributed by atoms with Gasteiger partial charge in [-0.1, -0.05) is 18.2 Å². The van der Waals surface area contributed by atoms with Crippen LogP contribution in [0.25, 0.3) is 0 Å². The molecule has 1 saturated heterocycles. The molecular formula is C23H27BrN2O4. The molecule has 0 saturated carbocycles. The minimum Gasteiger partial charge on any atom is -0.490 e. The molecule has 1 fully saturated rings. The molecule has 0 bridgehead atoms. The van der Waals surface area contributed by atoms with E-state index < -0.39 is 0 Å². The molecular weight excluding hydrogens is 448 g/mol. The lowest BCUT2D eigenvalue weighted by Crippen LogP contribution is -2.34. The van der Waals surface area contributed by atoms with E-state index in [4.69, 9.17) is 9.47 Å². The van der Waals surface area contributed by atoms with E-state index in [2.05, 4.69) is 21.2 Å². The van der Waals surface area contributed by atoms with Crippen molar-refractivity contribution in [3.05, 3.63) is 52.5 Å². The Bertz CT molecular complexity index is 903. The average molecular weight is 475 g/mol. The topological polar surface area (TPSA) is 67.9 Å². The highest BCUT2D eigenvalue weighted by molar-refractivity contribution is 9.10. The van der Waals surface area contributed by atoms with Crippen LogP contribution in [-0.2, 0) is 16.0 Å². The molecule has 1 heterocycles. The summed E-state index contributed by atoms with van der Waals surface area (Å²) in [5, 5.41) is 2.97. The molecule has 3 rings (SSSR count). The van der Waals surface area contributed by atoms with Gasteiger partial charge in [0.1, 0.15) is 0 Å². The highest BCUT2D eigenvalue weighted by Crippen LogP contribution is 2.31. The normalized spacial score (nSPS) is 15.9. The molecule has 2 amide bonds. The van der Waals surface area contributed by atoms with Crippen LogP contribution >= 0.6 is 15.9 Å². The zero-order chi connectivity index (χ0) is 21.5. The Morgan fingerprint density at radius 2 is 1.87 bits per heavy atom. The number of carbonyl (C=O) groups is 2. The Hall–Kier alpha value is -2.54. The molecule has 1 atom stereocenters. The molecule has 160 valence electrons. The van der Waals surface area contributed by atoms with Gasteiger partial charge in [-0.15, -0.1) is 0 Å². The Labute approximate surface area is 185 Å². The van der Waals surface area contributed by atoms with Gasteiger partial charge < -0.3 is 19.7 Å². The van der Waals surface area contributed by atoms with Crippen LogP contribution in [0, 0.1) is 5.92 Å². The van der Waals surface area contributed by atoms with Gasteiger partial charge in [0.25, 0.3) is 0 Å². The predicted octanol–water partition coefficient (Wildman–Crippen LogP) is 3.96. The van der Waals surface area contributed by atoms with E-state index in [0.29, 0.717) is 38.5 Å². The number of nitrogens with zero attached hydrogens (tertiary/aromatic N) is 1. The molecule has 0 radical (unpaired) electrons. The van der Waals surface area contributed by atoms with Gasteiger partial charge in [0.15, 0.2) is 11.5 Å². The van der Waals surface area contributed by atoms with E-state index in [0.717, 1.165) is 21.5 Å². The second-order valence-corrected chi connectivity index (χ2v) is 7.90. The van der Waals surface area contributed by atoms with Gasteiger partial charge in [0, 0.05) is 24.0 Å². The number of halogens is 1. The number of rotatable bonds is 9. The highest BCUT2D eigenvalue weighted by Gasteiger charge is 2.35. The fourth-order valence-electron chi connectivity index (χ4n) is 3.51. The van der Waals surface area contributed by atoms with Crippen molar-refractivity contribution in [2.45, 2.75) is 26.7 Å². The molecule has 1 unspecified atom stereocenters. The van der Waals surface area contributed by atoms with Crippen molar-refractivity contribution in [2.24, 2.45) is 5.92 Å². The third-order valence-corrected chi connectivity index (χ3v) is 5.63. The smallest absolute Gasteiger partial charge is 0.227 e. The lowest BCUT2D eigenvalue weighted by molar-refractivity contribution is -0.126. The molecule has 2 aromatic carbocycles. The van der Waals surface area contributed by atoms with Crippen molar-refractivity contribution < 1.29 is 19.1 Å². The van der Waals surface area contributed by atoms with Crippen molar-refractivity contribution in [2.75, 3.05) is 31.2 Å². The predicted molar refractivity (Wildman–Crippen MR) is 120 cm³/mol. The lowest BCUT2D eigenvalue weighted by Gasteiger charge is -2.18. The first-order chi connectivity index (χ1) is 14.5. The SMILES string of the molecule is CCOc1ccc(CCNC(=O)C2CC(=O)N(c3ccccc3Br)C2)cc1OCC. The molecule has 1 aliphatic rings. The number of nitrogens with one attached hydrogen (secondary N) is 1. The van der Waals surface area contributed by atoms with Crippen molar-refractivity contribution in [3.63, 3.8) is 0 Å². The summed E-state index contributed by atoms with van der Waals surface area (Å²) in [6.07, 6.45) is 0.900. The Kier molecular flexibility index (Phi) is 7.74. The fraction of sp³-hybridized carbons (Fsp3) is 0.391. The summed E-state index contributed by atoms with van der Waals surface area (Å²) in [4.78, 5) is 26.7. The maximum atomic E-state index is 12.6. The first-order valence-electron chi connectivity index (χ1n) is 10.2. The van der Waals surface area contributed by atoms with Crippen LogP contribution in [0.15, 0.2) is 46.9 Å². The van der Waals surface area contributed by atoms with E-state index >= 15 is 0 Å². The maximum absolute atomic E-state index is 12.6.